The first-order valence-electron chi connectivity index (χ1n) is 15.6. The van der Waals surface area contributed by atoms with E-state index < -0.39 is 37.4 Å². The Kier molecular flexibility index (Phi) is 11.7. The predicted octanol–water partition coefficient (Wildman–Crippen LogP) is 7.36. The Morgan fingerprint density at radius 1 is 0.958 bits per heavy atom. The summed E-state index contributed by atoms with van der Waals surface area (Å²) in [6.07, 6.45) is 12.4. The smallest absolute Gasteiger partial charge is 0.303 e. The first-order chi connectivity index (χ1) is 22.3. The Balaban J connectivity index is 1.69. The monoisotopic (exact) mass is 738 g/mol. The van der Waals surface area contributed by atoms with Crippen LogP contribution < -0.4 is 5.32 Å². The summed E-state index contributed by atoms with van der Waals surface area (Å²) in [5, 5.41) is 13.5. The standard InChI is InChI=1S/C34H40Cl2N2O8S2/c1-33(2)26-20-23(35)21-27(36)32(26)37-29(33)12-6-4-7-13-30-34(3,17-9-5-8-14-31(39)40)25-22-24(48(44,45)46)15-16-28(25)38(30)18-10-11-19-47(41,42)43/h4,6-7,12-13,15-16,20-22H,5,8-11,14,17-19H2,1-3H3,(H3,39,40,41,42,43,44,45,46). The van der Waals surface area contributed by atoms with Gasteiger partial charge in [0.05, 0.1) is 31.1 Å². The third kappa shape index (κ3) is 8.77. The molecule has 48 heavy (non-hydrogen) atoms. The van der Waals surface area contributed by atoms with Crippen molar-refractivity contribution in [2.75, 3.05) is 17.6 Å². The fourth-order valence-electron chi connectivity index (χ4n) is 6.42. The molecule has 0 aliphatic carbocycles. The molecule has 2 aliphatic heterocycles. The number of allylic oxidation sites excluding steroid dienone is 6. The number of benzene rings is 2. The van der Waals surface area contributed by atoms with Crippen LogP contribution >= 0.6 is 23.2 Å². The van der Waals surface area contributed by atoms with Crippen molar-refractivity contribution in [3.63, 3.8) is 0 Å². The topological polar surface area (TPSA) is 164 Å². The van der Waals surface area contributed by atoms with Crippen LogP contribution in [-0.4, -0.2) is 59.6 Å². The maximum absolute atomic E-state index is 12.1. The van der Waals surface area contributed by atoms with E-state index in [2.05, 4.69) is 19.2 Å². The molecule has 0 spiro atoms. The summed E-state index contributed by atoms with van der Waals surface area (Å²) in [4.78, 5) is 10.8. The SMILES string of the molecule is CC1(CCCCCC(=O)O)C(/C=C/C=C/C=C2/Nc3c(Cl)cc(Cl)cc3C2(C)C)=[N+](CCCCS(=O)(=O)[O-])c2ccc(S(=O)(=O)O)cc21. The number of nitrogens with zero attached hydrogens (tertiary/aromatic N) is 1. The van der Waals surface area contributed by atoms with Crippen molar-refractivity contribution in [1.82, 2.24) is 0 Å². The molecule has 0 fully saturated rings. The minimum absolute atomic E-state index is 0.0434. The zero-order valence-corrected chi connectivity index (χ0v) is 30.1. The van der Waals surface area contributed by atoms with Crippen molar-refractivity contribution in [2.24, 2.45) is 0 Å². The van der Waals surface area contributed by atoms with Crippen LogP contribution in [0.25, 0.3) is 0 Å². The summed E-state index contributed by atoms with van der Waals surface area (Å²) >= 11 is 12.7. The number of halogens is 2. The number of hydrogen-bond donors (Lipinski definition) is 3. The summed E-state index contributed by atoms with van der Waals surface area (Å²) in [5.41, 5.74) is 3.80. The number of aliphatic carboxylic acids is 1. The fraction of sp³-hybridized carbons (Fsp3) is 0.412. The molecule has 0 saturated heterocycles. The Labute approximate surface area is 292 Å². The lowest BCUT2D eigenvalue weighted by Crippen LogP contribution is -2.31. The molecule has 14 heteroatoms. The van der Waals surface area contributed by atoms with Gasteiger partial charge in [0.15, 0.2) is 5.71 Å². The number of carboxylic acid groups (broad SMARTS) is 1. The quantitative estimate of drug-likeness (QED) is 0.0733. The Hall–Kier alpha value is -3.00. The van der Waals surface area contributed by atoms with Gasteiger partial charge >= 0.3 is 5.97 Å². The van der Waals surface area contributed by atoms with E-state index in [1.807, 2.05) is 47.9 Å². The maximum Gasteiger partial charge on any atom is 0.303 e. The number of carbonyl (C=O) groups is 1. The molecule has 2 aromatic rings. The molecule has 0 aromatic heterocycles. The summed E-state index contributed by atoms with van der Waals surface area (Å²) < 4.78 is 69.8. The molecule has 3 N–H and O–H groups in total. The van der Waals surface area contributed by atoms with Gasteiger partial charge in [-0.1, -0.05) is 68.1 Å². The molecule has 10 nitrogen and oxygen atoms in total. The number of unbranched alkanes of at least 4 members (excludes halogenated alkanes) is 3. The molecule has 1 atom stereocenters. The van der Waals surface area contributed by atoms with Crippen LogP contribution in [0, 0.1) is 0 Å². The minimum Gasteiger partial charge on any atom is -0.748 e. The van der Waals surface area contributed by atoms with Crippen LogP contribution in [0.1, 0.15) is 76.8 Å². The molecular weight excluding hydrogens is 699 g/mol. The summed E-state index contributed by atoms with van der Waals surface area (Å²) in [6, 6.07) is 7.99. The van der Waals surface area contributed by atoms with E-state index in [4.69, 9.17) is 28.3 Å². The van der Waals surface area contributed by atoms with Gasteiger partial charge in [0.2, 0.25) is 5.69 Å². The molecular formula is C34H40Cl2N2O8S2. The average molecular weight is 740 g/mol. The summed E-state index contributed by atoms with van der Waals surface area (Å²) in [6.45, 7) is 6.47. The summed E-state index contributed by atoms with van der Waals surface area (Å²) in [5.74, 6) is -1.37. The largest absolute Gasteiger partial charge is 0.748 e. The van der Waals surface area contributed by atoms with Gasteiger partial charge in [-0.15, -0.1) is 0 Å². The van der Waals surface area contributed by atoms with Crippen LogP contribution in [0.2, 0.25) is 10.0 Å². The number of nitrogens with one attached hydrogen (secondary N) is 1. The Bertz CT molecular complexity index is 1930. The van der Waals surface area contributed by atoms with E-state index in [1.54, 1.807) is 12.1 Å². The molecule has 1 unspecified atom stereocenters. The highest BCUT2D eigenvalue weighted by atomic mass is 35.5. The van der Waals surface area contributed by atoms with Crippen LogP contribution in [0.3, 0.4) is 0 Å². The average Bonchev–Trinajstić information content (AvgIpc) is 3.36. The van der Waals surface area contributed by atoms with Crippen LogP contribution in [0.5, 0.6) is 0 Å². The summed E-state index contributed by atoms with van der Waals surface area (Å²) in [7, 11) is -8.88. The van der Waals surface area contributed by atoms with Gasteiger partial charge in [0.25, 0.3) is 10.1 Å². The van der Waals surface area contributed by atoms with Crippen LogP contribution in [0.15, 0.2) is 71.3 Å². The van der Waals surface area contributed by atoms with Crippen LogP contribution in [-0.2, 0) is 35.9 Å². The molecule has 0 radical (unpaired) electrons. The van der Waals surface area contributed by atoms with Crippen molar-refractivity contribution in [1.29, 1.82) is 0 Å². The normalized spacial score (nSPS) is 19.8. The highest BCUT2D eigenvalue weighted by Gasteiger charge is 2.47. The molecule has 2 aromatic carbocycles. The van der Waals surface area contributed by atoms with Gasteiger partial charge in [-0.05, 0) is 62.1 Å². The zero-order chi connectivity index (χ0) is 35.5. The second-order valence-electron chi connectivity index (χ2n) is 12.8. The number of rotatable bonds is 15. The number of hydrogen-bond acceptors (Lipinski definition) is 7. The zero-order valence-electron chi connectivity index (χ0n) is 27.0. The van der Waals surface area contributed by atoms with E-state index in [-0.39, 0.29) is 23.2 Å². The first kappa shape index (κ1) is 37.8. The van der Waals surface area contributed by atoms with Crippen molar-refractivity contribution in [3.8, 4) is 0 Å². The highest BCUT2D eigenvalue weighted by Crippen LogP contribution is 2.48. The van der Waals surface area contributed by atoms with Crippen molar-refractivity contribution in [2.45, 2.75) is 81.4 Å². The second-order valence-corrected chi connectivity index (χ2v) is 16.6. The molecule has 2 aliphatic rings. The lowest BCUT2D eigenvalue weighted by atomic mass is 9.75. The molecule has 2 heterocycles. The van der Waals surface area contributed by atoms with Crippen molar-refractivity contribution in [3.05, 3.63) is 87.6 Å². The van der Waals surface area contributed by atoms with Gasteiger partial charge in [-0.25, -0.2) is 8.42 Å². The fourth-order valence-corrected chi connectivity index (χ4v) is 8.02. The molecule has 0 saturated carbocycles. The van der Waals surface area contributed by atoms with E-state index >= 15 is 0 Å². The number of anilines is 1. The lowest BCUT2D eigenvalue weighted by Gasteiger charge is -2.23. The first-order valence-corrected chi connectivity index (χ1v) is 19.4. The maximum atomic E-state index is 12.1. The third-order valence-corrected chi connectivity index (χ3v) is 11.2. The van der Waals surface area contributed by atoms with Gasteiger partial charge in [-0.3, -0.25) is 9.35 Å². The minimum atomic E-state index is -4.50. The number of carboxylic acids is 1. The predicted molar refractivity (Wildman–Crippen MR) is 187 cm³/mol. The van der Waals surface area contributed by atoms with E-state index in [9.17, 15) is 30.7 Å². The van der Waals surface area contributed by atoms with Crippen LogP contribution in [0.4, 0.5) is 11.4 Å². The molecule has 0 amide bonds. The molecule has 4 rings (SSSR count). The lowest BCUT2D eigenvalue weighted by molar-refractivity contribution is -0.438. The number of fused-ring (bicyclic) bond motifs is 2. The van der Waals surface area contributed by atoms with E-state index in [0.717, 1.165) is 22.7 Å². The van der Waals surface area contributed by atoms with Gasteiger partial charge in [0.1, 0.15) is 6.54 Å². The molecule has 260 valence electrons. The van der Waals surface area contributed by atoms with Gasteiger partial charge in [0, 0.05) is 52.4 Å². The van der Waals surface area contributed by atoms with Gasteiger partial charge < -0.3 is 15.0 Å². The van der Waals surface area contributed by atoms with Gasteiger partial charge in [-0.2, -0.15) is 13.0 Å². The molecule has 0 bridgehead atoms. The highest BCUT2D eigenvalue weighted by molar-refractivity contribution is 7.86. The third-order valence-electron chi connectivity index (χ3n) is 9.00. The van der Waals surface area contributed by atoms with Crippen molar-refractivity contribution < 1.29 is 40.4 Å². The Morgan fingerprint density at radius 2 is 1.69 bits per heavy atom. The van der Waals surface area contributed by atoms with E-state index in [0.29, 0.717) is 59.9 Å². The van der Waals surface area contributed by atoms with E-state index in [1.165, 1.54) is 12.1 Å². The van der Waals surface area contributed by atoms with Crippen molar-refractivity contribution >= 4 is 66.5 Å². The second kappa shape index (κ2) is 14.9. The Morgan fingerprint density at radius 3 is 2.35 bits per heavy atom.